The first-order chi connectivity index (χ1) is 12.3. The van der Waals surface area contributed by atoms with E-state index in [0.29, 0.717) is 11.7 Å². The predicted octanol–water partition coefficient (Wildman–Crippen LogP) is 1.98. The number of pyridine rings is 1. The van der Waals surface area contributed by atoms with E-state index in [1.165, 1.54) is 22.5 Å². The van der Waals surface area contributed by atoms with Crippen LogP contribution in [-0.2, 0) is 5.60 Å². The third kappa shape index (κ3) is 3.08. The average Bonchev–Trinajstić information content (AvgIpc) is 2.97. The Labute approximate surface area is 155 Å². The van der Waals surface area contributed by atoms with Crippen molar-refractivity contribution >= 4 is 0 Å². The van der Waals surface area contributed by atoms with E-state index in [4.69, 9.17) is 0 Å². The lowest BCUT2D eigenvalue weighted by Gasteiger charge is -2.36. The van der Waals surface area contributed by atoms with Gasteiger partial charge in [0.05, 0.1) is 24.0 Å². The zero-order chi connectivity index (χ0) is 18.5. The quantitative estimate of drug-likeness (QED) is 0.771. The summed E-state index contributed by atoms with van der Waals surface area (Å²) in [4.78, 5) is 6.86. The van der Waals surface area contributed by atoms with Crippen molar-refractivity contribution in [2.24, 2.45) is 0 Å². The molecule has 0 fully saturated rings. The maximum Gasteiger partial charge on any atom is 0.101 e. The normalized spacial score (nSPS) is 24.0. The summed E-state index contributed by atoms with van der Waals surface area (Å²) in [6.45, 7) is 10.8. The van der Waals surface area contributed by atoms with Crippen LogP contribution in [0.2, 0.25) is 0 Å². The van der Waals surface area contributed by atoms with E-state index >= 15 is 0 Å². The summed E-state index contributed by atoms with van der Waals surface area (Å²) < 4.78 is 0. The zero-order valence-electron chi connectivity index (χ0n) is 16.1. The first kappa shape index (κ1) is 17.4. The number of aliphatic hydroxyl groups is 1. The minimum Gasteiger partial charge on any atom is -0.384 e. The lowest BCUT2D eigenvalue weighted by Crippen LogP contribution is -2.42. The Bertz CT molecular complexity index is 746. The second kappa shape index (κ2) is 6.28. The van der Waals surface area contributed by atoms with Gasteiger partial charge in [0, 0.05) is 49.2 Å². The van der Waals surface area contributed by atoms with E-state index in [2.05, 4.69) is 51.7 Å². The van der Waals surface area contributed by atoms with E-state index in [9.17, 15) is 5.11 Å². The van der Waals surface area contributed by atoms with Crippen molar-refractivity contribution in [1.82, 2.24) is 25.6 Å². The van der Waals surface area contributed by atoms with Gasteiger partial charge in [0.2, 0.25) is 0 Å². The average molecular weight is 355 g/mol. The summed E-state index contributed by atoms with van der Waals surface area (Å²) in [5.41, 5.74) is 8.61. The molecule has 1 aromatic heterocycles. The molecule has 2 unspecified atom stereocenters. The number of hydrazine groups is 1. The van der Waals surface area contributed by atoms with Gasteiger partial charge in [-0.1, -0.05) is 6.07 Å². The molecule has 3 N–H and O–H groups in total. The minimum atomic E-state index is -0.904. The Balaban J connectivity index is 1.55. The topological polar surface area (TPSA) is 63.7 Å². The van der Waals surface area contributed by atoms with Crippen LogP contribution in [0.5, 0.6) is 0 Å². The molecule has 0 spiro atoms. The summed E-state index contributed by atoms with van der Waals surface area (Å²) in [5, 5.41) is 15.9. The smallest absolute Gasteiger partial charge is 0.101 e. The second-order valence-corrected chi connectivity index (χ2v) is 8.17. The molecule has 0 bridgehead atoms. The van der Waals surface area contributed by atoms with E-state index in [-0.39, 0.29) is 6.04 Å². The van der Waals surface area contributed by atoms with Crippen molar-refractivity contribution in [3.05, 3.63) is 52.8 Å². The lowest BCUT2D eigenvalue weighted by molar-refractivity contribution is 0.0737. The monoisotopic (exact) mass is 355 g/mol. The molecular weight excluding hydrogens is 326 g/mol. The molecule has 140 valence electrons. The molecule has 2 atom stereocenters. The summed E-state index contributed by atoms with van der Waals surface area (Å²) >= 11 is 0. The number of hydrogen-bond donors (Lipinski definition) is 3. The molecule has 0 amide bonds. The number of hydrogen-bond acceptors (Lipinski definition) is 6. The van der Waals surface area contributed by atoms with Crippen LogP contribution in [0.4, 0.5) is 0 Å². The van der Waals surface area contributed by atoms with Gasteiger partial charge < -0.3 is 20.7 Å². The molecule has 0 radical (unpaired) electrons. The maximum atomic E-state index is 10.1. The van der Waals surface area contributed by atoms with Gasteiger partial charge in [-0.2, -0.15) is 0 Å². The van der Waals surface area contributed by atoms with Gasteiger partial charge in [-0.15, -0.1) is 0 Å². The molecule has 26 heavy (non-hydrogen) atoms. The highest BCUT2D eigenvalue weighted by Crippen LogP contribution is 2.33. The van der Waals surface area contributed by atoms with Gasteiger partial charge >= 0.3 is 0 Å². The molecule has 0 saturated heterocycles. The van der Waals surface area contributed by atoms with E-state index < -0.39 is 5.60 Å². The molecule has 4 heterocycles. The Kier molecular flexibility index (Phi) is 4.20. The van der Waals surface area contributed by atoms with Gasteiger partial charge in [-0.05, 0) is 39.3 Å². The van der Waals surface area contributed by atoms with Crippen LogP contribution in [0.1, 0.15) is 51.4 Å². The van der Waals surface area contributed by atoms with E-state index in [0.717, 1.165) is 26.1 Å². The number of fused-ring (bicyclic) bond motifs is 2. The first-order valence-corrected chi connectivity index (χ1v) is 9.49. The van der Waals surface area contributed by atoms with Crippen LogP contribution >= 0.6 is 0 Å². The SMILES string of the molecule is CC1CC2=C(CN1)C1=CN(C(C)c3ccc(C(C)(C)O)nc3)CCN1N2. The lowest BCUT2D eigenvalue weighted by atomic mass is 10.0. The molecule has 6 heteroatoms. The van der Waals surface area contributed by atoms with Gasteiger partial charge in [0.1, 0.15) is 5.60 Å². The first-order valence-electron chi connectivity index (χ1n) is 9.49. The van der Waals surface area contributed by atoms with Crippen molar-refractivity contribution in [2.45, 2.75) is 51.8 Å². The maximum absolute atomic E-state index is 10.1. The number of nitrogens with zero attached hydrogens (tertiary/aromatic N) is 3. The fourth-order valence-electron chi connectivity index (χ4n) is 3.90. The Morgan fingerprint density at radius 2 is 2.12 bits per heavy atom. The molecule has 4 rings (SSSR count). The molecule has 3 aliphatic heterocycles. The van der Waals surface area contributed by atoms with Crippen molar-refractivity contribution < 1.29 is 5.11 Å². The summed E-state index contributed by atoms with van der Waals surface area (Å²) in [7, 11) is 0. The van der Waals surface area contributed by atoms with Crippen molar-refractivity contribution in [2.75, 3.05) is 19.6 Å². The molecule has 6 nitrogen and oxygen atoms in total. The third-order valence-corrected chi connectivity index (χ3v) is 5.63. The number of nitrogens with one attached hydrogen (secondary N) is 2. The Morgan fingerprint density at radius 1 is 1.31 bits per heavy atom. The van der Waals surface area contributed by atoms with Crippen LogP contribution in [0.3, 0.4) is 0 Å². The van der Waals surface area contributed by atoms with Gasteiger partial charge in [-0.3, -0.25) is 9.99 Å². The summed E-state index contributed by atoms with van der Waals surface area (Å²) in [5.74, 6) is 0. The van der Waals surface area contributed by atoms with E-state index in [1.54, 1.807) is 13.8 Å². The second-order valence-electron chi connectivity index (χ2n) is 8.17. The highest BCUT2D eigenvalue weighted by molar-refractivity contribution is 5.42. The fraction of sp³-hybridized carbons (Fsp3) is 0.550. The molecule has 1 aromatic rings. The zero-order valence-corrected chi connectivity index (χ0v) is 16.1. The number of aromatic nitrogens is 1. The molecular formula is C20H29N5O. The van der Waals surface area contributed by atoms with Gasteiger partial charge in [-0.25, -0.2) is 0 Å². The molecule has 3 aliphatic rings. The van der Waals surface area contributed by atoms with Crippen LogP contribution < -0.4 is 10.7 Å². The van der Waals surface area contributed by atoms with Crippen LogP contribution in [-0.4, -0.2) is 45.7 Å². The van der Waals surface area contributed by atoms with Crippen molar-refractivity contribution in [3.63, 3.8) is 0 Å². The standard InChI is InChI=1S/C20H29N5O/c1-13-9-17-16(11-21-13)18-12-24(7-8-25(18)23-17)14(2)15-5-6-19(22-10-15)20(3,4)26/h5-6,10,12-14,21,23,26H,7-9,11H2,1-4H3. The fourth-order valence-corrected chi connectivity index (χ4v) is 3.90. The molecule has 0 aliphatic carbocycles. The highest BCUT2D eigenvalue weighted by atomic mass is 16.3. The highest BCUT2D eigenvalue weighted by Gasteiger charge is 2.33. The third-order valence-electron chi connectivity index (χ3n) is 5.63. The van der Waals surface area contributed by atoms with E-state index in [1.807, 2.05) is 12.3 Å². The van der Waals surface area contributed by atoms with Gasteiger partial charge in [0.25, 0.3) is 0 Å². The van der Waals surface area contributed by atoms with Crippen LogP contribution in [0.15, 0.2) is 41.5 Å². The van der Waals surface area contributed by atoms with Crippen molar-refractivity contribution in [3.8, 4) is 0 Å². The predicted molar refractivity (Wildman–Crippen MR) is 102 cm³/mol. The summed E-state index contributed by atoms with van der Waals surface area (Å²) in [6.07, 6.45) is 5.23. The van der Waals surface area contributed by atoms with Crippen molar-refractivity contribution in [1.29, 1.82) is 0 Å². The number of rotatable bonds is 3. The van der Waals surface area contributed by atoms with Gasteiger partial charge in [0.15, 0.2) is 0 Å². The Morgan fingerprint density at radius 3 is 2.81 bits per heavy atom. The van der Waals surface area contributed by atoms with Crippen LogP contribution in [0.25, 0.3) is 0 Å². The summed E-state index contributed by atoms with van der Waals surface area (Å²) in [6, 6.07) is 4.78. The minimum absolute atomic E-state index is 0.244. The van der Waals surface area contributed by atoms with Crippen LogP contribution in [0, 0.1) is 0 Å². The largest absolute Gasteiger partial charge is 0.384 e. The molecule has 0 saturated carbocycles. The Hall–Kier alpha value is -2.05. The molecule has 0 aromatic carbocycles.